The minimum atomic E-state index is -1.29. The molecule has 0 unspecified atom stereocenters. The minimum Gasteiger partial charge on any atom is -0.564 e. The number of rotatable bonds is 5. The second kappa shape index (κ2) is 7.92. The van der Waals surface area contributed by atoms with E-state index in [0.717, 1.165) is 6.42 Å². The first-order valence-corrected chi connectivity index (χ1v) is 3.17. The van der Waals surface area contributed by atoms with Gasteiger partial charge in [-0.15, -0.1) is 0 Å². The molecule has 0 radical (unpaired) electrons. The molecule has 0 aromatic heterocycles. The molecule has 12 heavy (non-hydrogen) atoms. The summed E-state index contributed by atoms with van der Waals surface area (Å²) in [4.78, 5) is 0. The van der Waals surface area contributed by atoms with E-state index >= 15 is 0 Å². The predicted molar refractivity (Wildman–Crippen MR) is 37.6 cm³/mol. The van der Waals surface area contributed by atoms with E-state index in [9.17, 15) is 0 Å². The molecule has 0 spiro atoms. The summed E-state index contributed by atoms with van der Waals surface area (Å²) in [7, 11) is 0. The summed E-state index contributed by atoms with van der Waals surface area (Å²) in [5.74, 6) is 0. The van der Waals surface area contributed by atoms with Gasteiger partial charge in [0.2, 0.25) is 0 Å². The molecule has 0 amide bonds. The summed E-state index contributed by atoms with van der Waals surface area (Å²) < 4.78 is 0. The molecule has 0 aliphatic rings. The molecule has 0 saturated carbocycles. The maximum atomic E-state index is 9.01. The molecule has 0 heterocycles. The standard InChI is InChI=1S/C6H13NO4.Ni/c7-4(3-9)6(11)5(10)1-2-8;/h1,3-6,8-11H,2,7H2;/q-2;+2/t4-,5+,6+;/m0./s1. The second-order valence-corrected chi connectivity index (χ2v) is 2.13. The Balaban J connectivity index is 0. The van der Waals surface area contributed by atoms with E-state index in [0.29, 0.717) is 6.61 Å². The normalized spacial score (nSPS) is 17.8. The molecule has 76 valence electrons. The van der Waals surface area contributed by atoms with Crippen molar-refractivity contribution in [1.82, 2.24) is 0 Å². The average molecular weight is 222 g/mol. The van der Waals surface area contributed by atoms with E-state index in [2.05, 4.69) is 0 Å². The fraction of sp³-hybridized carbons (Fsp3) is 0.667. The van der Waals surface area contributed by atoms with Crippen LogP contribution in [0.25, 0.3) is 0 Å². The molecular weight excluding hydrogens is 209 g/mol. The van der Waals surface area contributed by atoms with Gasteiger partial charge in [0.05, 0.1) is 0 Å². The van der Waals surface area contributed by atoms with Crippen LogP contribution in [0.5, 0.6) is 0 Å². The third-order valence-electron chi connectivity index (χ3n) is 1.26. The number of aliphatic hydroxyl groups excluding tert-OH is 4. The Morgan fingerprint density at radius 2 is 1.83 bits per heavy atom. The zero-order valence-corrected chi connectivity index (χ0v) is 7.26. The van der Waals surface area contributed by atoms with Gasteiger partial charge >= 0.3 is 16.5 Å². The van der Waals surface area contributed by atoms with Crippen molar-refractivity contribution in [2.75, 3.05) is 6.61 Å². The Bertz CT molecular complexity index is 106. The predicted octanol–water partition coefficient (Wildman–Crippen LogP) is -2.24. The van der Waals surface area contributed by atoms with Gasteiger partial charge in [0.1, 0.15) is 0 Å². The van der Waals surface area contributed by atoms with Crippen molar-refractivity contribution >= 4 is 0 Å². The van der Waals surface area contributed by atoms with Crippen LogP contribution in [0.1, 0.15) is 0 Å². The van der Waals surface area contributed by atoms with Crippen molar-refractivity contribution in [2.24, 2.45) is 5.73 Å². The smallest absolute Gasteiger partial charge is 0.564 e. The maximum Gasteiger partial charge on any atom is 2.00 e. The van der Waals surface area contributed by atoms with E-state index < -0.39 is 18.2 Å². The summed E-state index contributed by atoms with van der Waals surface area (Å²) in [6, 6.07) is -1.01. The SMILES string of the molecule is N[C@@H]([CH-]O)[C@@H](O)[C@H](O)[CH-]CO.[Ni+2]. The molecule has 6 heteroatoms. The number of hydrogen-bond donors (Lipinski definition) is 5. The average Bonchev–Trinajstić information content (AvgIpc) is 2.02. The van der Waals surface area contributed by atoms with Gasteiger partial charge in [0, 0.05) is 6.10 Å². The Kier molecular flexibility index (Phi) is 9.76. The van der Waals surface area contributed by atoms with E-state index in [1.54, 1.807) is 0 Å². The van der Waals surface area contributed by atoms with Gasteiger partial charge < -0.3 is 26.2 Å². The Morgan fingerprint density at radius 3 is 2.17 bits per heavy atom. The molecule has 5 nitrogen and oxygen atoms in total. The van der Waals surface area contributed by atoms with Crippen LogP contribution in [-0.2, 0) is 16.5 Å². The zero-order chi connectivity index (χ0) is 8.85. The Labute approximate surface area is 81.1 Å². The fourth-order valence-electron chi connectivity index (χ4n) is 0.563. The van der Waals surface area contributed by atoms with Gasteiger partial charge in [-0.3, -0.25) is 6.42 Å². The van der Waals surface area contributed by atoms with Crippen molar-refractivity contribution in [2.45, 2.75) is 18.2 Å². The number of hydrogen-bond acceptors (Lipinski definition) is 5. The minimum absolute atomic E-state index is 0. The van der Waals surface area contributed by atoms with E-state index in [1.165, 1.54) is 0 Å². The number of nitrogens with two attached hydrogens (primary N) is 1. The van der Waals surface area contributed by atoms with Gasteiger partial charge in [0.25, 0.3) is 0 Å². The summed E-state index contributed by atoms with van der Waals surface area (Å²) in [6.45, 7) is 0.232. The van der Waals surface area contributed by atoms with Crippen molar-refractivity contribution in [3.63, 3.8) is 0 Å². The Hall–Kier alpha value is 0.294. The van der Waals surface area contributed by atoms with Crippen LogP contribution < -0.4 is 5.73 Å². The van der Waals surface area contributed by atoms with Crippen molar-refractivity contribution in [3.05, 3.63) is 13.0 Å². The number of aliphatic hydroxyl groups is 4. The molecule has 0 fully saturated rings. The molecular formula is C6H13NNiO4. The summed E-state index contributed by atoms with van der Waals surface area (Å²) in [5, 5.41) is 34.6. The molecule has 0 saturated heterocycles. The van der Waals surface area contributed by atoms with Crippen LogP contribution in [0.4, 0.5) is 0 Å². The van der Waals surface area contributed by atoms with E-state index in [1.807, 2.05) is 0 Å². The third kappa shape index (κ3) is 5.03. The monoisotopic (exact) mass is 221 g/mol. The zero-order valence-electron chi connectivity index (χ0n) is 6.28. The Morgan fingerprint density at radius 1 is 1.33 bits per heavy atom. The molecule has 0 bridgehead atoms. The topological polar surface area (TPSA) is 107 Å². The molecule has 6 N–H and O–H groups in total. The second-order valence-electron chi connectivity index (χ2n) is 2.13. The van der Waals surface area contributed by atoms with Crippen LogP contribution in [0.2, 0.25) is 0 Å². The summed E-state index contributed by atoms with van der Waals surface area (Å²) in [5.41, 5.74) is 5.13. The van der Waals surface area contributed by atoms with Crippen molar-refractivity contribution in [1.29, 1.82) is 0 Å². The van der Waals surface area contributed by atoms with Gasteiger partial charge in [-0.2, -0.15) is 6.61 Å². The first-order valence-electron chi connectivity index (χ1n) is 3.17. The van der Waals surface area contributed by atoms with Gasteiger partial charge in [-0.1, -0.05) is 12.6 Å². The summed E-state index contributed by atoms with van der Waals surface area (Å²) in [6.07, 6.45) is -1.43. The molecule has 3 atom stereocenters. The first-order chi connectivity index (χ1) is 5.13. The van der Waals surface area contributed by atoms with Crippen molar-refractivity contribution in [3.8, 4) is 0 Å². The molecule has 0 aromatic rings. The molecule has 0 aliphatic heterocycles. The summed E-state index contributed by atoms with van der Waals surface area (Å²) >= 11 is 0. The molecule has 0 rings (SSSR count). The maximum absolute atomic E-state index is 9.01. The largest absolute Gasteiger partial charge is 2.00 e. The van der Waals surface area contributed by atoms with Gasteiger partial charge in [0.15, 0.2) is 0 Å². The van der Waals surface area contributed by atoms with E-state index in [-0.39, 0.29) is 23.1 Å². The van der Waals surface area contributed by atoms with Crippen LogP contribution in [0.3, 0.4) is 0 Å². The first kappa shape index (κ1) is 14.8. The quantitative estimate of drug-likeness (QED) is 0.267. The van der Waals surface area contributed by atoms with Crippen LogP contribution in [0.15, 0.2) is 0 Å². The fourth-order valence-corrected chi connectivity index (χ4v) is 0.563. The molecule has 0 aliphatic carbocycles. The van der Waals surface area contributed by atoms with Gasteiger partial charge in [-0.25, -0.2) is 0 Å². The molecule has 0 aromatic carbocycles. The van der Waals surface area contributed by atoms with Crippen molar-refractivity contribution < 1.29 is 36.9 Å². The van der Waals surface area contributed by atoms with Crippen LogP contribution >= 0.6 is 0 Å². The third-order valence-corrected chi connectivity index (χ3v) is 1.26. The van der Waals surface area contributed by atoms with Gasteiger partial charge in [-0.05, 0) is 6.10 Å². The van der Waals surface area contributed by atoms with Crippen LogP contribution in [0, 0.1) is 13.0 Å². The van der Waals surface area contributed by atoms with Crippen LogP contribution in [-0.4, -0.2) is 45.3 Å². The van der Waals surface area contributed by atoms with E-state index in [4.69, 9.17) is 26.2 Å².